The average molecular weight is 395 g/mol. The van der Waals surface area contributed by atoms with Gasteiger partial charge in [-0.25, -0.2) is 4.79 Å². The Bertz CT molecular complexity index is 950. The third-order valence-electron chi connectivity index (χ3n) is 5.24. The summed E-state index contributed by atoms with van der Waals surface area (Å²) < 4.78 is 10.8. The van der Waals surface area contributed by atoms with Crippen molar-refractivity contribution in [3.8, 4) is 11.5 Å². The van der Waals surface area contributed by atoms with E-state index in [9.17, 15) is 9.90 Å². The van der Waals surface area contributed by atoms with Gasteiger partial charge in [0.25, 0.3) is 0 Å². The number of esters is 1. The molecule has 0 radical (unpaired) electrons. The SMILES string of the molecule is COC(=O)c1ccc2c(c1)C=C(c1cc(C(C)(C)C)c(O)c(C(C)(C)C)c1)CO2. The van der Waals surface area contributed by atoms with E-state index < -0.39 is 0 Å². The Kier molecular flexibility index (Phi) is 5.24. The minimum Gasteiger partial charge on any atom is -0.507 e. The van der Waals surface area contributed by atoms with Crippen molar-refractivity contribution in [1.82, 2.24) is 0 Å². The molecule has 0 fully saturated rings. The van der Waals surface area contributed by atoms with Crippen molar-refractivity contribution in [2.45, 2.75) is 52.4 Å². The molecule has 0 saturated heterocycles. The summed E-state index contributed by atoms with van der Waals surface area (Å²) in [5, 5.41) is 11.0. The third kappa shape index (κ3) is 4.16. The quantitative estimate of drug-likeness (QED) is 0.663. The van der Waals surface area contributed by atoms with E-state index in [1.54, 1.807) is 18.2 Å². The smallest absolute Gasteiger partial charge is 0.337 e. The average Bonchev–Trinajstić information content (AvgIpc) is 2.64. The zero-order chi connectivity index (χ0) is 21.6. The first-order chi connectivity index (χ1) is 13.4. The summed E-state index contributed by atoms with van der Waals surface area (Å²) >= 11 is 0. The van der Waals surface area contributed by atoms with Crippen LogP contribution >= 0.6 is 0 Å². The van der Waals surface area contributed by atoms with Crippen LogP contribution in [-0.2, 0) is 15.6 Å². The fourth-order valence-electron chi connectivity index (χ4n) is 3.55. The van der Waals surface area contributed by atoms with E-state index in [-0.39, 0.29) is 16.8 Å². The van der Waals surface area contributed by atoms with Gasteiger partial charge in [0.1, 0.15) is 18.1 Å². The summed E-state index contributed by atoms with van der Waals surface area (Å²) in [5.74, 6) is 0.731. The fraction of sp³-hybridized carbons (Fsp3) is 0.400. The van der Waals surface area contributed by atoms with Gasteiger partial charge in [0.15, 0.2) is 0 Å². The number of hydrogen-bond donors (Lipinski definition) is 1. The van der Waals surface area contributed by atoms with Crippen molar-refractivity contribution in [1.29, 1.82) is 0 Å². The van der Waals surface area contributed by atoms with E-state index in [1.807, 2.05) is 0 Å². The van der Waals surface area contributed by atoms with Crippen LogP contribution in [-0.4, -0.2) is 24.8 Å². The number of phenols is 1. The molecular weight excluding hydrogens is 364 g/mol. The number of fused-ring (bicyclic) bond motifs is 1. The molecule has 2 aromatic carbocycles. The van der Waals surface area contributed by atoms with Crippen LogP contribution in [0.15, 0.2) is 30.3 Å². The molecule has 0 bridgehead atoms. The number of hydrogen-bond acceptors (Lipinski definition) is 4. The zero-order valence-corrected chi connectivity index (χ0v) is 18.3. The predicted octanol–water partition coefficient (Wildman–Crippen LogP) is 5.71. The van der Waals surface area contributed by atoms with Crippen LogP contribution < -0.4 is 4.74 Å². The summed E-state index contributed by atoms with van der Waals surface area (Å²) in [5.41, 5.74) is 4.78. The molecule has 0 aromatic heterocycles. The maximum Gasteiger partial charge on any atom is 0.337 e. The second kappa shape index (κ2) is 7.25. The van der Waals surface area contributed by atoms with Gasteiger partial charge in [0.2, 0.25) is 0 Å². The topological polar surface area (TPSA) is 55.8 Å². The molecule has 0 unspecified atom stereocenters. The monoisotopic (exact) mass is 394 g/mol. The lowest BCUT2D eigenvalue weighted by molar-refractivity contribution is 0.0600. The highest BCUT2D eigenvalue weighted by Gasteiger charge is 2.27. The van der Waals surface area contributed by atoms with Crippen molar-refractivity contribution in [2.24, 2.45) is 0 Å². The molecule has 2 aromatic rings. The molecule has 0 saturated carbocycles. The molecule has 4 nitrogen and oxygen atoms in total. The van der Waals surface area contributed by atoms with Gasteiger partial charge in [-0.05, 0) is 58.4 Å². The van der Waals surface area contributed by atoms with Gasteiger partial charge in [-0.2, -0.15) is 0 Å². The van der Waals surface area contributed by atoms with Gasteiger partial charge in [-0.1, -0.05) is 41.5 Å². The van der Waals surface area contributed by atoms with Crippen LogP contribution in [0.3, 0.4) is 0 Å². The van der Waals surface area contributed by atoms with Crippen molar-refractivity contribution in [3.05, 3.63) is 58.1 Å². The van der Waals surface area contributed by atoms with E-state index in [4.69, 9.17) is 9.47 Å². The minimum absolute atomic E-state index is 0.202. The lowest BCUT2D eigenvalue weighted by atomic mass is 9.77. The number of carbonyl (C=O) groups excluding carboxylic acids is 1. The van der Waals surface area contributed by atoms with Crippen molar-refractivity contribution >= 4 is 17.6 Å². The number of ether oxygens (including phenoxy) is 2. The molecular formula is C25H30O4. The Labute approximate surface area is 173 Å². The van der Waals surface area contributed by atoms with Crippen molar-refractivity contribution in [2.75, 3.05) is 13.7 Å². The Morgan fingerprint density at radius 1 is 1.00 bits per heavy atom. The number of methoxy groups -OCH3 is 1. The maximum atomic E-state index is 11.9. The summed E-state index contributed by atoms with van der Waals surface area (Å²) in [6.45, 7) is 13.0. The molecule has 154 valence electrons. The number of carbonyl (C=O) groups is 1. The highest BCUT2D eigenvalue weighted by Crippen LogP contribution is 2.42. The Balaban J connectivity index is 2.16. The van der Waals surface area contributed by atoms with Gasteiger partial charge in [0, 0.05) is 16.7 Å². The van der Waals surface area contributed by atoms with E-state index in [2.05, 4.69) is 59.8 Å². The fourth-order valence-corrected chi connectivity index (χ4v) is 3.55. The largest absolute Gasteiger partial charge is 0.507 e. The predicted molar refractivity (Wildman–Crippen MR) is 117 cm³/mol. The van der Waals surface area contributed by atoms with Gasteiger partial charge < -0.3 is 14.6 Å². The molecule has 0 aliphatic carbocycles. The lowest BCUT2D eigenvalue weighted by Crippen LogP contribution is -2.18. The molecule has 29 heavy (non-hydrogen) atoms. The van der Waals surface area contributed by atoms with Crippen LogP contribution in [0.4, 0.5) is 0 Å². The normalized spacial score (nSPS) is 14.0. The van der Waals surface area contributed by atoms with Crippen LogP contribution in [0.2, 0.25) is 0 Å². The van der Waals surface area contributed by atoms with Gasteiger partial charge in [-0.3, -0.25) is 0 Å². The van der Waals surface area contributed by atoms with Gasteiger partial charge >= 0.3 is 5.97 Å². The highest BCUT2D eigenvalue weighted by molar-refractivity contribution is 5.93. The Hall–Kier alpha value is -2.75. The van der Waals surface area contributed by atoms with Crippen LogP contribution in [0.25, 0.3) is 11.6 Å². The minimum atomic E-state index is -0.372. The third-order valence-corrected chi connectivity index (χ3v) is 5.24. The molecule has 1 aliphatic rings. The number of rotatable bonds is 2. The maximum absolute atomic E-state index is 11.9. The Morgan fingerprint density at radius 3 is 2.10 bits per heavy atom. The standard InChI is InChI=1S/C25H30O4/c1-24(2,3)19-12-16(13-20(22(19)26)25(4,5)6)18-11-17-10-15(23(27)28-7)8-9-21(17)29-14-18/h8-13,26H,14H2,1-7H3. The molecule has 4 heteroatoms. The van der Waals surface area contributed by atoms with E-state index in [0.29, 0.717) is 17.9 Å². The van der Waals surface area contributed by atoms with E-state index >= 15 is 0 Å². The van der Waals surface area contributed by atoms with E-state index in [0.717, 1.165) is 33.6 Å². The van der Waals surface area contributed by atoms with Crippen LogP contribution in [0.5, 0.6) is 11.5 Å². The summed E-state index contributed by atoms with van der Waals surface area (Å²) in [4.78, 5) is 11.9. The second-order valence-electron chi connectivity index (χ2n) is 9.62. The second-order valence-corrected chi connectivity index (χ2v) is 9.62. The van der Waals surface area contributed by atoms with Crippen molar-refractivity contribution < 1.29 is 19.4 Å². The number of phenolic OH excluding ortho intramolecular Hbond substituents is 1. The molecule has 0 atom stereocenters. The molecule has 0 amide bonds. The Morgan fingerprint density at radius 2 is 1.59 bits per heavy atom. The van der Waals surface area contributed by atoms with Gasteiger partial charge in [-0.15, -0.1) is 0 Å². The molecule has 0 spiro atoms. The summed E-state index contributed by atoms with van der Waals surface area (Å²) in [7, 11) is 1.37. The van der Waals surface area contributed by atoms with Crippen molar-refractivity contribution in [3.63, 3.8) is 0 Å². The first-order valence-electron chi connectivity index (χ1n) is 9.86. The van der Waals surface area contributed by atoms with Crippen LogP contribution in [0.1, 0.15) is 74.2 Å². The van der Waals surface area contributed by atoms with Crippen LogP contribution in [0, 0.1) is 0 Å². The zero-order valence-electron chi connectivity index (χ0n) is 18.3. The summed E-state index contributed by atoms with van der Waals surface area (Å²) in [6, 6.07) is 9.40. The molecule has 1 aliphatic heterocycles. The first-order valence-corrected chi connectivity index (χ1v) is 9.86. The number of aromatic hydroxyl groups is 1. The molecule has 1 heterocycles. The molecule has 3 rings (SSSR count). The first kappa shape index (κ1) is 21.0. The molecule has 1 N–H and O–H groups in total. The lowest BCUT2D eigenvalue weighted by Gasteiger charge is -2.29. The summed E-state index contributed by atoms with van der Waals surface area (Å²) in [6.07, 6.45) is 2.05. The number of benzene rings is 2. The highest BCUT2D eigenvalue weighted by atomic mass is 16.5. The van der Waals surface area contributed by atoms with Gasteiger partial charge in [0.05, 0.1) is 12.7 Å². The van der Waals surface area contributed by atoms with E-state index in [1.165, 1.54) is 7.11 Å².